The Bertz CT molecular complexity index is 1140. The number of carbonyl (C=O) groups is 7. The second-order valence-corrected chi connectivity index (χ2v) is 15.3. The zero-order valence-electron chi connectivity index (χ0n) is 34.3. The molecule has 15 nitrogen and oxygen atoms in total. The number of amides is 3. The van der Waals surface area contributed by atoms with E-state index in [0.717, 1.165) is 57.8 Å². The predicted octanol–water partition coefficient (Wildman–Crippen LogP) is 4.55. The molecule has 0 saturated heterocycles. The van der Waals surface area contributed by atoms with Crippen molar-refractivity contribution in [2.45, 2.75) is 204 Å². The third-order valence-electron chi connectivity index (χ3n) is 10.0. The Balaban J connectivity index is 3.89. The SMILES string of the molecule is CC(=O)[C@@H](N)CCCCNC(=O)[C@@H](N)CCCCNC(=O)[C@@H](N)CCCCCC(=O)CC[C@H](NC(=O)CCCCCCCCCCCCCCC(=O)O)C(=O)O. The van der Waals surface area contributed by atoms with Crippen LogP contribution in [0.4, 0.5) is 0 Å². The molecule has 0 aromatic carbocycles. The summed E-state index contributed by atoms with van der Waals surface area (Å²) in [5, 5.41) is 26.4. The summed E-state index contributed by atoms with van der Waals surface area (Å²) in [5.74, 6) is -2.78. The summed E-state index contributed by atoms with van der Waals surface area (Å²) < 4.78 is 0. The molecule has 4 atom stereocenters. The summed E-state index contributed by atoms with van der Waals surface area (Å²) in [7, 11) is 0. The van der Waals surface area contributed by atoms with E-state index in [1.54, 1.807) is 0 Å². The standard InChI is InChI=1S/C41H76N6O9/c1-31(48)33(42)22-17-19-29-45-40(54)35(44)24-18-20-30-46-39(53)34(43)23-14-12-13-21-32(49)27-28-36(41(55)56)47-37(50)25-15-10-8-6-4-2-3-5-7-9-11-16-26-38(51)52/h33-36H,2-30,42-44H2,1H3,(H,45,54)(H,46,53)(H,47,50)(H,51,52)(H,55,56)/t33-,34-,35-,36-/m0/s1. The third kappa shape index (κ3) is 31.7. The lowest BCUT2D eigenvalue weighted by Gasteiger charge is -2.14. The number of aliphatic carboxylic acids is 2. The minimum Gasteiger partial charge on any atom is -0.481 e. The van der Waals surface area contributed by atoms with Crippen molar-refractivity contribution in [1.82, 2.24) is 16.0 Å². The van der Waals surface area contributed by atoms with E-state index in [1.807, 2.05) is 0 Å². The summed E-state index contributed by atoms with van der Waals surface area (Å²) in [6.07, 6.45) is 19.6. The number of nitrogens with two attached hydrogens (primary N) is 3. The molecular formula is C41H76N6O9. The van der Waals surface area contributed by atoms with Crippen molar-refractivity contribution >= 4 is 41.2 Å². The van der Waals surface area contributed by atoms with Gasteiger partial charge in [-0.1, -0.05) is 77.0 Å². The van der Waals surface area contributed by atoms with Gasteiger partial charge in [0, 0.05) is 38.8 Å². The van der Waals surface area contributed by atoms with Gasteiger partial charge in [0.25, 0.3) is 0 Å². The first-order valence-corrected chi connectivity index (χ1v) is 21.3. The molecule has 0 spiro atoms. The molecule has 56 heavy (non-hydrogen) atoms. The summed E-state index contributed by atoms with van der Waals surface area (Å²) >= 11 is 0. The molecule has 0 aromatic rings. The van der Waals surface area contributed by atoms with Crippen LogP contribution in [-0.2, 0) is 33.6 Å². The summed E-state index contributed by atoms with van der Waals surface area (Å²) in [4.78, 5) is 82.6. The van der Waals surface area contributed by atoms with Gasteiger partial charge in [-0.3, -0.25) is 28.8 Å². The number of carboxylic acids is 2. The number of Topliss-reactive ketones (excluding diaryl/α,β-unsaturated/α-hetero) is 2. The highest BCUT2D eigenvalue weighted by Gasteiger charge is 2.21. The predicted molar refractivity (Wildman–Crippen MR) is 217 cm³/mol. The van der Waals surface area contributed by atoms with Gasteiger partial charge in [0.05, 0.1) is 18.1 Å². The number of hydrogen-bond donors (Lipinski definition) is 8. The summed E-state index contributed by atoms with van der Waals surface area (Å²) in [5.41, 5.74) is 17.7. The second kappa shape index (κ2) is 34.8. The van der Waals surface area contributed by atoms with Crippen molar-refractivity contribution in [3.05, 3.63) is 0 Å². The van der Waals surface area contributed by atoms with Crippen LogP contribution in [0.2, 0.25) is 0 Å². The number of hydrogen-bond acceptors (Lipinski definition) is 10. The van der Waals surface area contributed by atoms with Crippen LogP contribution in [0.25, 0.3) is 0 Å². The lowest BCUT2D eigenvalue weighted by Crippen LogP contribution is -2.42. The molecule has 0 saturated carbocycles. The van der Waals surface area contributed by atoms with Crippen LogP contribution < -0.4 is 33.2 Å². The number of carboxylic acid groups (broad SMARTS) is 2. The van der Waals surface area contributed by atoms with E-state index in [2.05, 4.69) is 16.0 Å². The molecular weight excluding hydrogens is 720 g/mol. The fraction of sp³-hybridized carbons (Fsp3) is 0.829. The van der Waals surface area contributed by atoms with Crippen LogP contribution in [-0.4, -0.2) is 88.7 Å². The first kappa shape index (κ1) is 52.6. The Morgan fingerprint density at radius 2 is 0.857 bits per heavy atom. The molecule has 0 heterocycles. The molecule has 0 bridgehead atoms. The first-order chi connectivity index (χ1) is 26.7. The summed E-state index contributed by atoms with van der Waals surface area (Å²) in [6.45, 7) is 2.36. The number of ketones is 2. The number of rotatable bonds is 39. The van der Waals surface area contributed by atoms with E-state index in [1.165, 1.54) is 26.2 Å². The highest BCUT2D eigenvalue weighted by atomic mass is 16.4. The molecule has 0 radical (unpaired) electrons. The van der Waals surface area contributed by atoms with E-state index in [9.17, 15) is 38.7 Å². The summed E-state index contributed by atoms with van der Waals surface area (Å²) in [6, 6.07) is -2.86. The topological polar surface area (TPSA) is 274 Å². The number of unbranched alkanes of at least 4 members (excludes halogenated alkanes) is 15. The Morgan fingerprint density at radius 3 is 1.30 bits per heavy atom. The van der Waals surface area contributed by atoms with Crippen molar-refractivity contribution in [3.63, 3.8) is 0 Å². The van der Waals surface area contributed by atoms with Gasteiger partial charge in [0.15, 0.2) is 0 Å². The molecule has 3 amide bonds. The maximum absolute atomic E-state index is 12.4. The van der Waals surface area contributed by atoms with Gasteiger partial charge in [-0.25, -0.2) is 4.79 Å². The van der Waals surface area contributed by atoms with E-state index in [4.69, 9.17) is 22.3 Å². The van der Waals surface area contributed by atoms with Crippen molar-refractivity contribution < 1.29 is 43.8 Å². The van der Waals surface area contributed by atoms with Crippen LogP contribution in [0.15, 0.2) is 0 Å². The molecule has 324 valence electrons. The minimum atomic E-state index is -1.15. The largest absolute Gasteiger partial charge is 0.481 e. The van der Waals surface area contributed by atoms with Crippen LogP contribution >= 0.6 is 0 Å². The molecule has 0 rings (SSSR count). The Morgan fingerprint density at radius 1 is 0.464 bits per heavy atom. The average molecular weight is 797 g/mol. The van der Waals surface area contributed by atoms with Crippen LogP contribution in [0.1, 0.15) is 180 Å². The molecule has 0 aliphatic heterocycles. The Hall–Kier alpha value is -3.43. The van der Waals surface area contributed by atoms with Gasteiger partial charge >= 0.3 is 11.9 Å². The maximum Gasteiger partial charge on any atom is 0.326 e. The van der Waals surface area contributed by atoms with Crippen molar-refractivity contribution in [1.29, 1.82) is 0 Å². The molecule has 0 aliphatic rings. The molecule has 0 aromatic heterocycles. The van der Waals surface area contributed by atoms with Crippen molar-refractivity contribution in [3.8, 4) is 0 Å². The van der Waals surface area contributed by atoms with Gasteiger partial charge in [-0.05, 0) is 77.6 Å². The van der Waals surface area contributed by atoms with Gasteiger partial charge < -0.3 is 43.4 Å². The monoisotopic (exact) mass is 797 g/mol. The highest BCUT2D eigenvalue weighted by Crippen LogP contribution is 2.14. The Kier molecular flexibility index (Phi) is 32.7. The highest BCUT2D eigenvalue weighted by molar-refractivity contribution is 5.85. The molecule has 15 heteroatoms. The van der Waals surface area contributed by atoms with E-state index in [0.29, 0.717) is 83.7 Å². The van der Waals surface area contributed by atoms with Gasteiger partial charge in [0.1, 0.15) is 17.6 Å². The molecule has 0 unspecified atom stereocenters. The van der Waals surface area contributed by atoms with Crippen LogP contribution in [0.5, 0.6) is 0 Å². The van der Waals surface area contributed by atoms with Crippen molar-refractivity contribution in [2.24, 2.45) is 17.2 Å². The maximum atomic E-state index is 12.4. The number of nitrogens with one attached hydrogen (secondary N) is 3. The normalized spacial score (nSPS) is 13.3. The van der Waals surface area contributed by atoms with Gasteiger partial charge in [-0.2, -0.15) is 0 Å². The second-order valence-electron chi connectivity index (χ2n) is 15.3. The quantitative estimate of drug-likeness (QED) is 0.0398. The van der Waals surface area contributed by atoms with Gasteiger partial charge in [-0.15, -0.1) is 0 Å². The average Bonchev–Trinajstić information content (AvgIpc) is 3.15. The lowest BCUT2D eigenvalue weighted by atomic mass is 10.0. The van der Waals surface area contributed by atoms with Crippen LogP contribution in [0, 0.1) is 0 Å². The minimum absolute atomic E-state index is 0.0455. The van der Waals surface area contributed by atoms with E-state index in [-0.39, 0.29) is 55.0 Å². The van der Waals surface area contributed by atoms with Crippen molar-refractivity contribution in [2.75, 3.05) is 13.1 Å². The van der Waals surface area contributed by atoms with E-state index >= 15 is 0 Å². The zero-order valence-corrected chi connectivity index (χ0v) is 34.3. The third-order valence-corrected chi connectivity index (χ3v) is 10.0. The number of carbonyl (C=O) groups excluding carboxylic acids is 5. The lowest BCUT2D eigenvalue weighted by molar-refractivity contribution is -0.142. The first-order valence-electron chi connectivity index (χ1n) is 21.3. The zero-order chi connectivity index (χ0) is 42.0. The molecule has 0 aliphatic carbocycles. The fourth-order valence-electron chi connectivity index (χ4n) is 6.28. The Labute approximate surface area is 335 Å². The molecule has 11 N–H and O–H groups in total. The van der Waals surface area contributed by atoms with Gasteiger partial charge in [0.2, 0.25) is 17.7 Å². The molecule has 0 fully saturated rings. The van der Waals surface area contributed by atoms with Crippen LogP contribution in [0.3, 0.4) is 0 Å². The smallest absolute Gasteiger partial charge is 0.326 e. The fourth-order valence-corrected chi connectivity index (χ4v) is 6.28. The van der Waals surface area contributed by atoms with E-state index < -0.39 is 36.1 Å².